The predicted molar refractivity (Wildman–Crippen MR) is 118 cm³/mol. The monoisotopic (exact) mass is 418 g/mol. The number of ether oxygens (including phenoxy) is 2. The van der Waals surface area contributed by atoms with Crippen LogP contribution in [0.25, 0.3) is 0 Å². The normalized spacial score (nSPS) is 10.7. The third kappa shape index (κ3) is 4.75. The maximum Gasteiger partial charge on any atom is 0.210 e. The maximum absolute atomic E-state index is 6.25. The topological polar surface area (TPSA) is 75.2 Å². The number of methoxy groups -OCH3 is 1. The van der Waals surface area contributed by atoms with E-state index in [2.05, 4.69) is 10.2 Å². The summed E-state index contributed by atoms with van der Waals surface area (Å²) in [6.45, 7) is 0. The van der Waals surface area contributed by atoms with Gasteiger partial charge in [0.15, 0.2) is 5.82 Å². The standard InChI is InChI=1S/C23H22N4O2S/c1-28-19-13-11-17(12-14-19)15-22-25-26-23(27(22)24)30-16-18-7-5-6-10-21(18)29-20-8-3-2-4-9-20/h2-14H,15-16,24H2,1H3. The molecule has 0 spiro atoms. The summed E-state index contributed by atoms with van der Waals surface area (Å²) in [6.07, 6.45) is 0.599. The van der Waals surface area contributed by atoms with Gasteiger partial charge in [0.1, 0.15) is 17.2 Å². The van der Waals surface area contributed by atoms with E-state index in [1.807, 2.05) is 78.9 Å². The SMILES string of the molecule is COc1ccc(Cc2nnc(SCc3ccccc3Oc3ccccc3)n2N)cc1. The van der Waals surface area contributed by atoms with Crippen molar-refractivity contribution in [3.05, 3.63) is 95.8 Å². The van der Waals surface area contributed by atoms with Crippen LogP contribution in [0.4, 0.5) is 0 Å². The van der Waals surface area contributed by atoms with Gasteiger partial charge in [0, 0.05) is 17.7 Å². The van der Waals surface area contributed by atoms with Crippen LogP contribution in [0.5, 0.6) is 17.2 Å². The zero-order valence-electron chi connectivity index (χ0n) is 16.6. The lowest BCUT2D eigenvalue weighted by atomic mass is 10.1. The van der Waals surface area contributed by atoms with Crippen LogP contribution in [-0.4, -0.2) is 22.0 Å². The van der Waals surface area contributed by atoms with E-state index >= 15 is 0 Å². The molecular weight excluding hydrogens is 396 g/mol. The summed E-state index contributed by atoms with van der Waals surface area (Å²) >= 11 is 1.53. The Labute approximate surface area is 179 Å². The number of thioether (sulfide) groups is 1. The minimum atomic E-state index is 0.599. The van der Waals surface area contributed by atoms with Crippen LogP contribution < -0.4 is 15.3 Å². The van der Waals surface area contributed by atoms with Crippen molar-refractivity contribution in [2.24, 2.45) is 0 Å². The van der Waals surface area contributed by atoms with Gasteiger partial charge in [-0.15, -0.1) is 10.2 Å². The van der Waals surface area contributed by atoms with E-state index < -0.39 is 0 Å². The second-order valence-corrected chi connectivity index (χ2v) is 7.55. The fourth-order valence-corrected chi connectivity index (χ4v) is 3.80. The van der Waals surface area contributed by atoms with E-state index in [0.717, 1.165) is 28.4 Å². The summed E-state index contributed by atoms with van der Waals surface area (Å²) in [5.74, 6) is 10.1. The van der Waals surface area contributed by atoms with E-state index in [0.29, 0.717) is 23.2 Å². The molecule has 1 heterocycles. The summed E-state index contributed by atoms with van der Waals surface area (Å²) in [4.78, 5) is 0. The highest BCUT2D eigenvalue weighted by Crippen LogP contribution is 2.30. The van der Waals surface area contributed by atoms with Crippen LogP contribution in [-0.2, 0) is 12.2 Å². The van der Waals surface area contributed by atoms with Gasteiger partial charge in [-0.2, -0.15) is 0 Å². The van der Waals surface area contributed by atoms with Gasteiger partial charge in [-0.25, -0.2) is 4.68 Å². The van der Waals surface area contributed by atoms with Gasteiger partial charge in [-0.3, -0.25) is 0 Å². The van der Waals surface area contributed by atoms with Crippen molar-refractivity contribution < 1.29 is 9.47 Å². The molecule has 4 aromatic rings. The van der Waals surface area contributed by atoms with Crippen LogP contribution in [0.15, 0.2) is 84.0 Å². The Morgan fingerprint density at radius 2 is 1.60 bits per heavy atom. The number of nitrogen functional groups attached to an aromatic ring is 1. The number of aromatic nitrogens is 3. The van der Waals surface area contributed by atoms with Gasteiger partial charge >= 0.3 is 0 Å². The maximum atomic E-state index is 6.25. The Hall–Kier alpha value is -3.45. The molecule has 4 rings (SSSR count). The largest absolute Gasteiger partial charge is 0.497 e. The molecule has 0 amide bonds. The molecule has 30 heavy (non-hydrogen) atoms. The lowest BCUT2D eigenvalue weighted by Crippen LogP contribution is -2.14. The van der Waals surface area contributed by atoms with E-state index in [-0.39, 0.29) is 0 Å². The lowest BCUT2D eigenvalue weighted by molar-refractivity contribution is 0.414. The van der Waals surface area contributed by atoms with Crippen molar-refractivity contribution in [2.75, 3.05) is 13.0 Å². The first-order valence-corrected chi connectivity index (χ1v) is 10.5. The van der Waals surface area contributed by atoms with Crippen LogP contribution in [0.1, 0.15) is 17.0 Å². The van der Waals surface area contributed by atoms with Crippen LogP contribution in [0.3, 0.4) is 0 Å². The third-order valence-corrected chi connectivity index (χ3v) is 5.55. The minimum Gasteiger partial charge on any atom is -0.497 e. The molecule has 2 N–H and O–H groups in total. The molecule has 0 fully saturated rings. The van der Waals surface area contributed by atoms with Crippen molar-refractivity contribution in [2.45, 2.75) is 17.3 Å². The molecule has 3 aromatic carbocycles. The number of nitrogens with two attached hydrogens (primary N) is 1. The number of nitrogens with zero attached hydrogens (tertiary/aromatic N) is 3. The molecule has 0 aliphatic rings. The zero-order chi connectivity index (χ0) is 20.8. The van der Waals surface area contributed by atoms with Crippen LogP contribution >= 0.6 is 11.8 Å². The molecule has 1 aromatic heterocycles. The number of para-hydroxylation sites is 2. The summed E-state index contributed by atoms with van der Waals surface area (Å²) in [5.41, 5.74) is 2.15. The smallest absolute Gasteiger partial charge is 0.210 e. The van der Waals surface area contributed by atoms with Crippen molar-refractivity contribution >= 4 is 11.8 Å². The van der Waals surface area contributed by atoms with Crippen molar-refractivity contribution in [1.82, 2.24) is 14.9 Å². The fraction of sp³-hybridized carbons (Fsp3) is 0.130. The van der Waals surface area contributed by atoms with Gasteiger partial charge in [-0.05, 0) is 35.9 Å². The van der Waals surface area contributed by atoms with E-state index in [9.17, 15) is 0 Å². The van der Waals surface area contributed by atoms with Crippen LogP contribution in [0.2, 0.25) is 0 Å². The molecule has 6 nitrogen and oxygen atoms in total. The second kappa shape index (κ2) is 9.37. The first-order valence-electron chi connectivity index (χ1n) is 9.49. The molecule has 0 radical (unpaired) electrons. The number of hydrogen-bond acceptors (Lipinski definition) is 6. The Morgan fingerprint density at radius 1 is 0.867 bits per heavy atom. The second-order valence-electron chi connectivity index (χ2n) is 6.61. The van der Waals surface area contributed by atoms with Gasteiger partial charge in [0.2, 0.25) is 5.16 Å². The summed E-state index contributed by atoms with van der Waals surface area (Å²) < 4.78 is 12.8. The number of benzene rings is 3. The van der Waals surface area contributed by atoms with E-state index in [1.54, 1.807) is 11.8 Å². The zero-order valence-corrected chi connectivity index (χ0v) is 17.4. The summed E-state index contributed by atoms with van der Waals surface area (Å²) in [5, 5.41) is 9.18. The minimum absolute atomic E-state index is 0.599. The molecule has 0 saturated carbocycles. The average Bonchev–Trinajstić information content (AvgIpc) is 3.13. The molecule has 0 unspecified atom stereocenters. The van der Waals surface area contributed by atoms with Gasteiger partial charge in [0.25, 0.3) is 0 Å². The Bertz CT molecular complexity index is 1100. The quantitative estimate of drug-likeness (QED) is 0.331. The Morgan fingerprint density at radius 3 is 2.37 bits per heavy atom. The highest BCUT2D eigenvalue weighted by atomic mass is 32.2. The molecule has 0 bridgehead atoms. The van der Waals surface area contributed by atoms with E-state index in [4.69, 9.17) is 15.3 Å². The van der Waals surface area contributed by atoms with Gasteiger partial charge < -0.3 is 15.3 Å². The molecule has 0 aliphatic heterocycles. The molecule has 7 heteroatoms. The highest BCUT2D eigenvalue weighted by Gasteiger charge is 2.13. The number of rotatable bonds is 8. The number of hydrogen-bond donors (Lipinski definition) is 1. The molecular formula is C23H22N4O2S. The van der Waals surface area contributed by atoms with Crippen molar-refractivity contribution in [1.29, 1.82) is 0 Å². The fourth-order valence-electron chi connectivity index (χ4n) is 2.93. The summed E-state index contributed by atoms with van der Waals surface area (Å²) in [6, 6.07) is 25.5. The first-order chi connectivity index (χ1) is 14.7. The predicted octanol–water partition coefficient (Wildman–Crippen LogP) is 4.68. The lowest BCUT2D eigenvalue weighted by Gasteiger charge is -2.11. The molecule has 152 valence electrons. The average molecular weight is 419 g/mol. The highest BCUT2D eigenvalue weighted by molar-refractivity contribution is 7.98. The third-order valence-electron chi connectivity index (χ3n) is 4.56. The Balaban J connectivity index is 1.43. The van der Waals surface area contributed by atoms with Crippen molar-refractivity contribution in [3.8, 4) is 17.2 Å². The van der Waals surface area contributed by atoms with Crippen molar-refractivity contribution in [3.63, 3.8) is 0 Å². The molecule has 0 atom stereocenters. The molecule has 0 saturated heterocycles. The Kier molecular flexibility index (Phi) is 6.20. The summed E-state index contributed by atoms with van der Waals surface area (Å²) in [7, 11) is 1.65. The van der Waals surface area contributed by atoms with Crippen LogP contribution in [0, 0.1) is 0 Å². The van der Waals surface area contributed by atoms with E-state index in [1.165, 1.54) is 11.8 Å². The molecule has 0 aliphatic carbocycles. The van der Waals surface area contributed by atoms with Gasteiger partial charge in [0.05, 0.1) is 7.11 Å². The first kappa shape index (κ1) is 19.8. The van der Waals surface area contributed by atoms with Gasteiger partial charge in [-0.1, -0.05) is 60.3 Å².